The van der Waals surface area contributed by atoms with Crippen molar-refractivity contribution in [2.45, 2.75) is 5.78 Å². The molecule has 0 saturated carbocycles. The van der Waals surface area contributed by atoms with E-state index >= 15 is 0 Å². The minimum atomic E-state index is -3.68. The third kappa shape index (κ3) is 3.08. The molecule has 24 heavy (non-hydrogen) atoms. The van der Waals surface area contributed by atoms with E-state index < -0.39 is 13.3 Å². The van der Waals surface area contributed by atoms with Gasteiger partial charge in [-0.2, -0.15) is 5.01 Å². The molecule has 0 amide bonds. The Kier molecular flexibility index (Phi) is 4.46. The number of halogens is 1. The van der Waals surface area contributed by atoms with E-state index in [1.54, 1.807) is 30.3 Å². The van der Waals surface area contributed by atoms with E-state index in [1.165, 1.54) is 19.4 Å². The topological polar surface area (TPSA) is 109 Å². The molecule has 0 aliphatic carbocycles. The van der Waals surface area contributed by atoms with E-state index in [4.69, 9.17) is 16.1 Å². The maximum atomic E-state index is 13.3. The first kappa shape index (κ1) is 16.4. The van der Waals surface area contributed by atoms with Crippen LogP contribution in [0.25, 0.3) is 0 Å². The van der Waals surface area contributed by atoms with Crippen molar-refractivity contribution in [2.24, 2.45) is 10.3 Å². The molecule has 2 atom stereocenters. The Morgan fingerprint density at radius 2 is 2.00 bits per heavy atom. The van der Waals surface area contributed by atoms with Gasteiger partial charge in [0.15, 0.2) is 5.78 Å². The van der Waals surface area contributed by atoms with Crippen molar-refractivity contribution >= 4 is 31.1 Å². The number of anilines is 1. The fourth-order valence-electron chi connectivity index (χ4n) is 2.07. The minimum absolute atomic E-state index is 0.107. The Bertz CT molecular complexity index is 833. The van der Waals surface area contributed by atoms with E-state index in [0.29, 0.717) is 10.6 Å². The molecular formula is C13H12ClN6O3P. The van der Waals surface area contributed by atoms with Crippen molar-refractivity contribution in [2.75, 3.05) is 12.1 Å². The Balaban J connectivity index is 2.02. The van der Waals surface area contributed by atoms with Gasteiger partial charge in [0.1, 0.15) is 0 Å². The molecule has 9 nitrogen and oxygen atoms in total. The quantitative estimate of drug-likeness (QED) is 0.501. The SMILES string of the molecule is CN(N=O)C1=N[C@H](c2ccccc2Cl)[P@](=O)(Nc2ncccn2)O1. The van der Waals surface area contributed by atoms with Crippen molar-refractivity contribution in [3.05, 3.63) is 58.2 Å². The summed E-state index contributed by atoms with van der Waals surface area (Å²) in [6, 6.07) is 8.24. The van der Waals surface area contributed by atoms with Crippen molar-refractivity contribution in [3.8, 4) is 0 Å². The fraction of sp³-hybridized carbons (Fsp3) is 0.154. The van der Waals surface area contributed by atoms with Crippen molar-refractivity contribution < 1.29 is 9.09 Å². The lowest BCUT2D eigenvalue weighted by atomic mass is 10.2. The van der Waals surface area contributed by atoms with E-state index in [2.05, 4.69) is 25.3 Å². The molecule has 1 aliphatic heterocycles. The van der Waals surface area contributed by atoms with Gasteiger partial charge in [-0.05, 0) is 12.1 Å². The normalized spacial score (nSPS) is 22.4. The summed E-state index contributed by atoms with van der Waals surface area (Å²) >= 11 is 6.19. The maximum Gasteiger partial charge on any atom is 0.374 e. The third-order valence-corrected chi connectivity index (χ3v) is 5.50. The zero-order valence-electron chi connectivity index (χ0n) is 12.4. The molecule has 0 radical (unpaired) electrons. The molecule has 1 aliphatic rings. The highest BCUT2D eigenvalue weighted by molar-refractivity contribution is 7.61. The number of aliphatic imine (C=N–C) groups is 1. The number of hydrogen-bond donors (Lipinski definition) is 1. The van der Waals surface area contributed by atoms with Crippen LogP contribution in [0.5, 0.6) is 0 Å². The van der Waals surface area contributed by atoms with E-state index in [0.717, 1.165) is 5.01 Å². The number of amidine groups is 1. The number of nitrogens with zero attached hydrogens (tertiary/aromatic N) is 5. The summed E-state index contributed by atoms with van der Waals surface area (Å²) in [5, 5.41) is 6.59. The van der Waals surface area contributed by atoms with Crippen molar-refractivity contribution in [1.29, 1.82) is 0 Å². The summed E-state index contributed by atoms with van der Waals surface area (Å²) < 4.78 is 18.8. The van der Waals surface area contributed by atoms with Gasteiger partial charge >= 0.3 is 13.5 Å². The van der Waals surface area contributed by atoms with E-state index in [1.807, 2.05) is 0 Å². The van der Waals surface area contributed by atoms with Crippen LogP contribution in [0.1, 0.15) is 11.3 Å². The molecule has 2 aromatic rings. The van der Waals surface area contributed by atoms with Crippen LogP contribution in [0, 0.1) is 4.91 Å². The van der Waals surface area contributed by atoms with Crippen LogP contribution < -0.4 is 5.09 Å². The lowest BCUT2D eigenvalue weighted by Gasteiger charge is -2.19. The van der Waals surface area contributed by atoms with Crippen LogP contribution in [-0.4, -0.2) is 28.0 Å². The maximum absolute atomic E-state index is 13.3. The first-order valence-corrected chi connectivity index (χ1v) is 8.84. The average Bonchev–Trinajstić information content (AvgIpc) is 2.92. The summed E-state index contributed by atoms with van der Waals surface area (Å²) in [6.45, 7) is 0. The van der Waals surface area contributed by atoms with Gasteiger partial charge < -0.3 is 4.52 Å². The van der Waals surface area contributed by atoms with Gasteiger partial charge in [-0.1, -0.05) is 29.8 Å². The standard InChI is InChI=1S/C13H12ClN6O3P/c1-20(19-21)13-17-11(9-5-2-3-6-10(9)14)24(22,23-13)18-12-15-7-4-8-16-12/h2-8,11H,1H3,(H,15,16,18,22)/t11-,24+/m0/s1. The molecule has 3 rings (SSSR count). The molecule has 1 aromatic heterocycles. The van der Waals surface area contributed by atoms with Crippen LogP contribution in [0.3, 0.4) is 0 Å². The van der Waals surface area contributed by atoms with Crippen LogP contribution >= 0.6 is 19.1 Å². The number of rotatable bonds is 4. The van der Waals surface area contributed by atoms with Crippen LogP contribution in [0.4, 0.5) is 5.95 Å². The monoisotopic (exact) mass is 366 g/mol. The molecule has 0 saturated heterocycles. The van der Waals surface area contributed by atoms with E-state index in [9.17, 15) is 9.47 Å². The second-order valence-corrected chi connectivity index (χ2v) is 7.28. The first-order chi connectivity index (χ1) is 11.5. The molecule has 124 valence electrons. The summed E-state index contributed by atoms with van der Waals surface area (Å²) in [7, 11) is -2.34. The minimum Gasteiger partial charge on any atom is -0.393 e. The number of hydrogen-bond acceptors (Lipinski definition) is 7. The summed E-state index contributed by atoms with van der Waals surface area (Å²) in [5.74, 6) is -0.856. The van der Waals surface area contributed by atoms with Gasteiger partial charge in [-0.3, -0.25) is 9.65 Å². The summed E-state index contributed by atoms with van der Waals surface area (Å²) in [4.78, 5) is 22.9. The number of aromatic nitrogens is 2. The zero-order valence-corrected chi connectivity index (χ0v) is 14.1. The van der Waals surface area contributed by atoms with Gasteiger partial charge in [0.2, 0.25) is 5.95 Å². The first-order valence-electron chi connectivity index (χ1n) is 6.77. The molecule has 1 N–H and O–H groups in total. The Morgan fingerprint density at radius 1 is 1.29 bits per heavy atom. The molecule has 0 spiro atoms. The Morgan fingerprint density at radius 3 is 2.67 bits per heavy atom. The molecule has 0 fully saturated rings. The fourth-order valence-corrected chi connectivity index (χ4v) is 4.30. The highest BCUT2D eigenvalue weighted by Crippen LogP contribution is 2.64. The Labute approximate surface area is 142 Å². The second-order valence-electron chi connectivity index (χ2n) is 4.78. The second kappa shape index (κ2) is 6.54. The van der Waals surface area contributed by atoms with Crippen LogP contribution in [-0.2, 0) is 9.09 Å². The van der Waals surface area contributed by atoms with Gasteiger partial charge in [0.05, 0.1) is 5.29 Å². The number of nitrogens with one attached hydrogen (secondary N) is 1. The Hall–Kier alpha value is -2.51. The third-order valence-electron chi connectivity index (χ3n) is 3.18. The molecule has 2 heterocycles. The van der Waals surface area contributed by atoms with Crippen molar-refractivity contribution in [1.82, 2.24) is 15.0 Å². The summed E-state index contributed by atoms with van der Waals surface area (Å²) in [6.07, 6.45) is 2.98. The number of nitroso groups, excluding NO2 is 1. The van der Waals surface area contributed by atoms with E-state index in [-0.39, 0.29) is 12.0 Å². The van der Waals surface area contributed by atoms with Crippen LogP contribution in [0.2, 0.25) is 5.02 Å². The predicted octanol–water partition coefficient (Wildman–Crippen LogP) is 3.43. The van der Waals surface area contributed by atoms with Crippen molar-refractivity contribution in [3.63, 3.8) is 0 Å². The molecule has 0 bridgehead atoms. The molecule has 11 heteroatoms. The van der Waals surface area contributed by atoms with Gasteiger partial charge in [-0.25, -0.2) is 15.0 Å². The lowest BCUT2D eigenvalue weighted by Crippen LogP contribution is -2.20. The van der Waals surface area contributed by atoms with Gasteiger partial charge in [-0.15, -0.1) is 4.91 Å². The number of benzene rings is 1. The average molecular weight is 367 g/mol. The molecular weight excluding hydrogens is 355 g/mol. The highest BCUT2D eigenvalue weighted by atomic mass is 35.5. The highest BCUT2D eigenvalue weighted by Gasteiger charge is 2.46. The summed E-state index contributed by atoms with van der Waals surface area (Å²) in [5.41, 5.74) is 0.486. The molecule has 0 unspecified atom stereocenters. The predicted molar refractivity (Wildman–Crippen MR) is 89.5 cm³/mol. The van der Waals surface area contributed by atoms with Gasteiger partial charge in [0.25, 0.3) is 0 Å². The van der Waals surface area contributed by atoms with Gasteiger partial charge in [0, 0.05) is 30.0 Å². The zero-order chi connectivity index (χ0) is 17.2. The molecule has 1 aromatic carbocycles. The lowest BCUT2D eigenvalue weighted by molar-refractivity contribution is 0.403. The van der Waals surface area contributed by atoms with Crippen LogP contribution in [0.15, 0.2) is 53.0 Å². The largest absolute Gasteiger partial charge is 0.393 e. The smallest absolute Gasteiger partial charge is 0.374 e.